The molecule has 14 aromatic rings. The van der Waals surface area contributed by atoms with E-state index in [0.29, 0.717) is 0 Å². The van der Waals surface area contributed by atoms with E-state index in [4.69, 9.17) is 0 Å². The van der Waals surface area contributed by atoms with Gasteiger partial charge in [0.05, 0.1) is 0 Å². The Balaban J connectivity index is 1.07. The summed E-state index contributed by atoms with van der Waals surface area (Å²) in [6.07, 6.45) is 0. The molecular formula is C64H38. The molecule has 0 aliphatic heterocycles. The predicted molar refractivity (Wildman–Crippen MR) is 276 cm³/mol. The van der Waals surface area contributed by atoms with E-state index in [1.807, 2.05) is 0 Å². The van der Waals surface area contributed by atoms with Gasteiger partial charge in [-0.15, -0.1) is 0 Å². The van der Waals surface area contributed by atoms with Crippen molar-refractivity contribution in [3.05, 3.63) is 231 Å². The molecular weight excluding hydrogens is 769 g/mol. The SMILES string of the molecule is c1ccc(-c2cccc(-c3cccc4c(-c5cc(-c6ccc7ccc8cccc9ccc6c7c89)cc6ccccc56)cc(-c5ccc6ccc7cccc8ccc5c6c78)cc34)c2)cc1. The molecule has 64 heavy (non-hydrogen) atoms. The zero-order valence-electron chi connectivity index (χ0n) is 34.9. The van der Waals surface area contributed by atoms with Crippen LogP contribution in [0.5, 0.6) is 0 Å². The third-order valence-corrected chi connectivity index (χ3v) is 14.1. The lowest BCUT2D eigenvalue weighted by Crippen LogP contribution is -1.93. The van der Waals surface area contributed by atoms with Gasteiger partial charge in [0, 0.05) is 0 Å². The summed E-state index contributed by atoms with van der Waals surface area (Å²) in [6, 6.07) is 86.5. The molecule has 0 saturated heterocycles. The van der Waals surface area contributed by atoms with E-state index < -0.39 is 0 Å². The molecule has 0 amide bonds. The Morgan fingerprint density at radius 1 is 0.156 bits per heavy atom. The third kappa shape index (κ3) is 5.24. The van der Waals surface area contributed by atoms with E-state index in [9.17, 15) is 0 Å². The third-order valence-electron chi connectivity index (χ3n) is 14.1. The molecule has 294 valence electrons. The van der Waals surface area contributed by atoms with Gasteiger partial charge in [0.2, 0.25) is 0 Å². The maximum Gasteiger partial charge on any atom is -0.00206 e. The van der Waals surface area contributed by atoms with Crippen molar-refractivity contribution in [2.24, 2.45) is 0 Å². The Morgan fingerprint density at radius 3 is 1.25 bits per heavy atom. The van der Waals surface area contributed by atoms with Crippen molar-refractivity contribution in [2.45, 2.75) is 0 Å². The Labute approximate surface area is 370 Å². The molecule has 0 unspecified atom stereocenters. The number of hydrogen-bond donors (Lipinski definition) is 0. The zero-order valence-corrected chi connectivity index (χ0v) is 34.9. The molecule has 0 aromatic heterocycles. The summed E-state index contributed by atoms with van der Waals surface area (Å²) in [5.41, 5.74) is 12.3. The predicted octanol–water partition coefficient (Wildman–Crippen LogP) is 18.1. The van der Waals surface area contributed by atoms with Crippen LogP contribution in [0, 0.1) is 0 Å². The van der Waals surface area contributed by atoms with Gasteiger partial charge in [0.25, 0.3) is 0 Å². The van der Waals surface area contributed by atoms with Crippen molar-refractivity contribution >= 4 is 86.2 Å². The largest absolute Gasteiger partial charge is 0.0622 e. The second-order valence-corrected chi connectivity index (χ2v) is 17.6. The molecule has 0 aliphatic rings. The molecule has 0 spiro atoms. The van der Waals surface area contributed by atoms with E-state index in [0.717, 1.165) is 0 Å². The summed E-state index contributed by atoms with van der Waals surface area (Å²) in [5, 5.41) is 20.6. The normalized spacial score (nSPS) is 12.1. The van der Waals surface area contributed by atoms with Crippen molar-refractivity contribution in [3.63, 3.8) is 0 Å². The van der Waals surface area contributed by atoms with Crippen molar-refractivity contribution in [1.29, 1.82) is 0 Å². The molecule has 0 nitrogen and oxygen atoms in total. The molecule has 0 atom stereocenters. The maximum absolute atomic E-state index is 2.48. The van der Waals surface area contributed by atoms with Gasteiger partial charge in [-0.2, -0.15) is 0 Å². The van der Waals surface area contributed by atoms with Crippen LogP contribution in [-0.4, -0.2) is 0 Å². The van der Waals surface area contributed by atoms with Crippen LogP contribution in [0.2, 0.25) is 0 Å². The van der Waals surface area contributed by atoms with Crippen LogP contribution in [-0.2, 0) is 0 Å². The minimum absolute atomic E-state index is 1.21. The standard InChI is InChI=1S/C64H38/c1-2-10-39(11-3-1)46-17-8-18-48(34-46)52-20-9-21-55-58(52)37-50(54-31-27-45-25-23-41-14-7-16-43-29-33-57(54)64(45)62(41)43)38-60(55)59-36-49(35-47-12-4-5-19-51(47)59)53-30-26-44-24-22-40-13-6-15-42-28-32-56(53)63(44)61(40)42/h1-38H. The first kappa shape index (κ1) is 35.3. The van der Waals surface area contributed by atoms with E-state index in [1.165, 1.54) is 142 Å². The first-order valence-electron chi connectivity index (χ1n) is 22.3. The lowest BCUT2D eigenvalue weighted by Gasteiger charge is -2.19. The van der Waals surface area contributed by atoms with E-state index in [1.54, 1.807) is 0 Å². The molecule has 0 heteroatoms. The molecule has 0 saturated carbocycles. The summed E-state index contributed by atoms with van der Waals surface area (Å²) in [6.45, 7) is 0. The van der Waals surface area contributed by atoms with Gasteiger partial charge in [-0.05, 0) is 172 Å². The molecule has 0 bridgehead atoms. The fourth-order valence-electron chi connectivity index (χ4n) is 11.2. The average molecular weight is 807 g/mol. The van der Waals surface area contributed by atoms with Crippen molar-refractivity contribution in [3.8, 4) is 55.6 Å². The van der Waals surface area contributed by atoms with Gasteiger partial charge >= 0.3 is 0 Å². The van der Waals surface area contributed by atoms with Crippen molar-refractivity contribution in [1.82, 2.24) is 0 Å². The maximum atomic E-state index is 2.48. The van der Waals surface area contributed by atoms with Crippen molar-refractivity contribution < 1.29 is 0 Å². The molecule has 0 radical (unpaired) electrons. The highest BCUT2D eigenvalue weighted by molar-refractivity contribution is 6.27. The highest BCUT2D eigenvalue weighted by Gasteiger charge is 2.20. The summed E-state index contributed by atoms with van der Waals surface area (Å²) >= 11 is 0. The Morgan fingerprint density at radius 2 is 0.594 bits per heavy atom. The highest BCUT2D eigenvalue weighted by atomic mass is 14.2. The van der Waals surface area contributed by atoms with Crippen LogP contribution in [0.1, 0.15) is 0 Å². The van der Waals surface area contributed by atoms with Crippen LogP contribution < -0.4 is 0 Å². The minimum atomic E-state index is 1.21. The van der Waals surface area contributed by atoms with E-state index >= 15 is 0 Å². The van der Waals surface area contributed by atoms with Gasteiger partial charge in [-0.3, -0.25) is 0 Å². The zero-order chi connectivity index (χ0) is 41.9. The second kappa shape index (κ2) is 13.6. The smallest absolute Gasteiger partial charge is 0.00206 e. The van der Waals surface area contributed by atoms with Crippen LogP contribution in [0.3, 0.4) is 0 Å². The molecule has 14 rings (SSSR count). The topological polar surface area (TPSA) is 0 Å². The van der Waals surface area contributed by atoms with E-state index in [-0.39, 0.29) is 0 Å². The van der Waals surface area contributed by atoms with Gasteiger partial charge in [-0.25, -0.2) is 0 Å². The average Bonchev–Trinajstić information content (AvgIpc) is 3.36. The summed E-state index contributed by atoms with van der Waals surface area (Å²) in [5.74, 6) is 0. The van der Waals surface area contributed by atoms with Crippen LogP contribution in [0.15, 0.2) is 231 Å². The number of hydrogen-bond acceptors (Lipinski definition) is 0. The quantitative estimate of drug-likeness (QED) is 0.152. The van der Waals surface area contributed by atoms with Crippen LogP contribution in [0.4, 0.5) is 0 Å². The van der Waals surface area contributed by atoms with Crippen molar-refractivity contribution in [2.75, 3.05) is 0 Å². The second-order valence-electron chi connectivity index (χ2n) is 17.6. The molecule has 0 fully saturated rings. The Hall–Kier alpha value is -8.32. The summed E-state index contributed by atoms with van der Waals surface area (Å²) < 4.78 is 0. The Bertz CT molecular complexity index is 4140. The fourth-order valence-corrected chi connectivity index (χ4v) is 11.2. The monoisotopic (exact) mass is 806 g/mol. The fraction of sp³-hybridized carbons (Fsp3) is 0. The van der Waals surface area contributed by atoms with Gasteiger partial charge in [0.1, 0.15) is 0 Å². The lowest BCUT2D eigenvalue weighted by molar-refractivity contribution is 1.60. The van der Waals surface area contributed by atoms with E-state index in [2.05, 4.69) is 231 Å². The number of fused-ring (bicyclic) bond motifs is 2. The van der Waals surface area contributed by atoms with Gasteiger partial charge < -0.3 is 0 Å². The molecule has 0 N–H and O–H groups in total. The van der Waals surface area contributed by atoms with Gasteiger partial charge in [-0.1, -0.05) is 200 Å². The lowest BCUT2D eigenvalue weighted by atomic mass is 9.84. The Kier molecular flexibility index (Phi) is 7.49. The highest BCUT2D eigenvalue weighted by Crippen LogP contribution is 2.47. The first-order chi connectivity index (χ1) is 31.7. The molecule has 0 heterocycles. The first-order valence-corrected chi connectivity index (χ1v) is 22.3. The minimum Gasteiger partial charge on any atom is -0.0622 e. The number of benzene rings is 14. The summed E-state index contributed by atoms with van der Waals surface area (Å²) in [7, 11) is 0. The molecule has 14 aromatic carbocycles. The molecule has 0 aliphatic carbocycles. The number of rotatable bonds is 5. The van der Waals surface area contributed by atoms with Crippen LogP contribution >= 0.6 is 0 Å². The van der Waals surface area contributed by atoms with Gasteiger partial charge in [0.15, 0.2) is 0 Å². The van der Waals surface area contributed by atoms with Crippen LogP contribution in [0.25, 0.3) is 142 Å². The summed E-state index contributed by atoms with van der Waals surface area (Å²) in [4.78, 5) is 0.